The second kappa shape index (κ2) is 6.21. The molecule has 2 rings (SSSR count). The highest BCUT2D eigenvalue weighted by Crippen LogP contribution is 2.21. The van der Waals surface area contributed by atoms with E-state index < -0.39 is 0 Å². The normalized spacial score (nSPS) is 11.2. The van der Waals surface area contributed by atoms with E-state index in [1.54, 1.807) is 4.68 Å². The number of nitrogens with one attached hydrogen (secondary N) is 1. The lowest BCUT2D eigenvalue weighted by molar-refractivity contribution is 0.572. The number of hydrogen-bond donors (Lipinski definition) is 1. The lowest BCUT2D eigenvalue weighted by atomic mass is 10.3. The molecular formula is C13H20ClN5. The molecule has 0 aliphatic rings. The summed E-state index contributed by atoms with van der Waals surface area (Å²) in [6, 6.07) is 2.00. The van der Waals surface area contributed by atoms with E-state index in [0.717, 1.165) is 41.6 Å². The minimum absolute atomic E-state index is 0.705. The van der Waals surface area contributed by atoms with Crippen LogP contribution in [0.4, 0.5) is 0 Å². The van der Waals surface area contributed by atoms with Gasteiger partial charge in [0.2, 0.25) is 0 Å². The third-order valence-corrected chi connectivity index (χ3v) is 3.50. The van der Waals surface area contributed by atoms with Gasteiger partial charge in [-0.05, 0) is 19.4 Å². The fourth-order valence-corrected chi connectivity index (χ4v) is 2.39. The van der Waals surface area contributed by atoms with E-state index in [1.165, 1.54) is 0 Å². The quantitative estimate of drug-likeness (QED) is 0.882. The van der Waals surface area contributed by atoms with Crippen molar-refractivity contribution in [1.29, 1.82) is 0 Å². The molecule has 5 nitrogen and oxygen atoms in total. The van der Waals surface area contributed by atoms with Crippen molar-refractivity contribution in [3.05, 3.63) is 34.4 Å². The summed E-state index contributed by atoms with van der Waals surface area (Å²) in [5, 5.41) is 13.0. The molecule has 0 aromatic carbocycles. The van der Waals surface area contributed by atoms with E-state index in [4.69, 9.17) is 11.6 Å². The van der Waals surface area contributed by atoms with Crippen molar-refractivity contribution in [3.63, 3.8) is 0 Å². The number of aromatic nitrogens is 4. The molecule has 0 saturated carbocycles. The highest BCUT2D eigenvalue weighted by molar-refractivity contribution is 6.31. The summed E-state index contributed by atoms with van der Waals surface area (Å²) < 4.78 is 3.77. The van der Waals surface area contributed by atoms with Gasteiger partial charge >= 0.3 is 0 Å². The van der Waals surface area contributed by atoms with Crippen molar-refractivity contribution in [2.75, 3.05) is 0 Å². The fraction of sp³-hybridized carbons (Fsp3) is 0.538. The van der Waals surface area contributed by atoms with Gasteiger partial charge in [0.15, 0.2) is 0 Å². The molecular weight excluding hydrogens is 262 g/mol. The lowest BCUT2D eigenvalue weighted by Gasteiger charge is -2.06. The van der Waals surface area contributed by atoms with Gasteiger partial charge in [-0.3, -0.25) is 9.36 Å². The summed E-state index contributed by atoms with van der Waals surface area (Å²) >= 11 is 6.35. The van der Waals surface area contributed by atoms with Gasteiger partial charge in [-0.15, -0.1) is 0 Å². The van der Waals surface area contributed by atoms with E-state index >= 15 is 0 Å². The van der Waals surface area contributed by atoms with E-state index in [1.807, 2.05) is 24.0 Å². The van der Waals surface area contributed by atoms with E-state index in [2.05, 4.69) is 29.4 Å². The Bertz CT molecular complexity index is 543. The van der Waals surface area contributed by atoms with Crippen molar-refractivity contribution >= 4 is 11.6 Å². The molecule has 0 saturated heterocycles. The molecule has 2 heterocycles. The molecule has 0 aliphatic carbocycles. The molecule has 2 aromatic rings. The number of aryl methyl sites for hydroxylation is 3. The predicted octanol–water partition coefficient (Wildman–Crippen LogP) is 2.14. The highest BCUT2D eigenvalue weighted by Gasteiger charge is 2.13. The average Bonchev–Trinajstić information content (AvgIpc) is 2.94. The van der Waals surface area contributed by atoms with Crippen LogP contribution >= 0.6 is 11.6 Å². The monoisotopic (exact) mass is 281 g/mol. The molecule has 0 bridgehead atoms. The first kappa shape index (κ1) is 14.1. The summed E-state index contributed by atoms with van der Waals surface area (Å²) in [7, 11) is 1.92. The second-order valence-corrected chi connectivity index (χ2v) is 4.84. The Hall–Kier alpha value is -1.33. The Morgan fingerprint density at radius 2 is 2.05 bits per heavy atom. The Labute approximate surface area is 118 Å². The molecule has 0 spiro atoms. The van der Waals surface area contributed by atoms with E-state index in [9.17, 15) is 0 Å². The summed E-state index contributed by atoms with van der Waals surface area (Å²) in [5.74, 6) is 0. The van der Waals surface area contributed by atoms with Gasteiger partial charge in [-0.2, -0.15) is 10.2 Å². The average molecular weight is 282 g/mol. The van der Waals surface area contributed by atoms with Crippen LogP contribution in [0.25, 0.3) is 0 Å². The molecule has 0 radical (unpaired) electrons. The minimum Gasteiger partial charge on any atom is -0.305 e. The van der Waals surface area contributed by atoms with Gasteiger partial charge in [-0.25, -0.2) is 0 Å². The zero-order chi connectivity index (χ0) is 13.8. The van der Waals surface area contributed by atoms with Crippen LogP contribution in [-0.2, 0) is 33.1 Å². The third-order valence-electron chi connectivity index (χ3n) is 3.06. The Balaban J connectivity index is 2.00. The first-order valence-corrected chi connectivity index (χ1v) is 6.96. The summed E-state index contributed by atoms with van der Waals surface area (Å²) in [6.07, 6.45) is 2.80. The molecule has 0 amide bonds. The Kier molecular flexibility index (Phi) is 4.61. The van der Waals surface area contributed by atoms with E-state index in [0.29, 0.717) is 6.54 Å². The smallest absolute Gasteiger partial charge is 0.0863 e. The van der Waals surface area contributed by atoms with E-state index in [-0.39, 0.29) is 0 Å². The largest absolute Gasteiger partial charge is 0.305 e. The van der Waals surface area contributed by atoms with Crippen molar-refractivity contribution in [3.8, 4) is 0 Å². The van der Waals surface area contributed by atoms with Crippen molar-refractivity contribution in [2.45, 2.75) is 39.9 Å². The minimum atomic E-state index is 0.705. The summed E-state index contributed by atoms with van der Waals surface area (Å²) in [5.41, 5.74) is 3.05. The van der Waals surface area contributed by atoms with Crippen LogP contribution in [0.2, 0.25) is 5.02 Å². The first-order valence-electron chi connectivity index (χ1n) is 6.59. The van der Waals surface area contributed by atoms with Crippen LogP contribution in [-0.4, -0.2) is 19.6 Å². The van der Waals surface area contributed by atoms with Crippen LogP contribution in [0, 0.1) is 0 Å². The molecule has 6 heteroatoms. The van der Waals surface area contributed by atoms with Gasteiger partial charge in [0.05, 0.1) is 22.1 Å². The van der Waals surface area contributed by atoms with Gasteiger partial charge < -0.3 is 5.32 Å². The first-order chi connectivity index (χ1) is 9.15. The zero-order valence-electron chi connectivity index (χ0n) is 11.6. The van der Waals surface area contributed by atoms with Crippen molar-refractivity contribution < 1.29 is 0 Å². The highest BCUT2D eigenvalue weighted by atomic mass is 35.5. The maximum absolute atomic E-state index is 6.35. The second-order valence-electron chi connectivity index (χ2n) is 4.46. The van der Waals surface area contributed by atoms with Crippen LogP contribution in [0.3, 0.4) is 0 Å². The van der Waals surface area contributed by atoms with Gasteiger partial charge in [0, 0.05) is 32.9 Å². The molecule has 19 heavy (non-hydrogen) atoms. The predicted molar refractivity (Wildman–Crippen MR) is 76.0 cm³/mol. The molecule has 0 unspecified atom stereocenters. The van der Waals surface area contributed by atoms with Gasteiger partial charge in [0.25, 0.3) is 0 Å². The van der Waals surface area contributed by atoms with Crippen molar-refractivity contribution in [1.82, 2.24) is 24.9 Å². The molecule has 2 aromatic heterocycles. The third kappa shape index (κ3) is 3.16. The lowest BCUT2D eigenvalue weighted by Crippen LogP contribution is -2.17. The Morgan fingerprint density at radius 1 is 1.26 bits per heavy atom. The molecule has 0 fully saturated rings. The molecule has 0 aliphatic heterocycles. The number of hydrogen-bond acceptors (Lipinski definition) is 3. The van der Waals surface area contributed by atoms with Crippen LogP contribution in [0.5, 0.6) is 0 Å². The number of halogens is 1. The zero-order valence-corrected chi connectivity index (χ0v) is 12.4. The maximum Gasteiger partial charge on any atom is 0.0863 e. The topological polar surface area (TPSA) is 47.7 Å². The number of nitrogens with zero attached hydrogens (tertiary/aromatic N) is 4. The maximum atomic E-state index is 6.35. The molecule has 1 N–H and O–H groups in total. The fourth-order valence-electron chi connectivity index (χ4n) is 2.05. The molecule has 104 valence electrons. The van der Waals surface area contributed by atoms with Crippen LogP contribution in [0.15, 0.2) is 12.3 Å². The summed E-state index contributed by atoms with van der Waals surface area (Å²) in [4.78, 5) is 0. The Morgan fingerprint density at radius 3 is 2.63 bits per heavy atom. The van der Waals surface area contributed by atoms with Crippen molar-refractivity contribution in [2.24, 2.45) is 7.05 Å². The van der Waals surface area contributed by atoms with Crippen LogP contribution in [0.1, 0.15) is 30.9 Å². The number of rotatable bonds is 6. The molecule has 0 atom stereocenters. The van der Waals surface area contributed by atoms with Gasteiger partial charge in [0.1, 0.15) is 0 Å². The summed E-state index contributed by atoms with van der Waals surface area (Å²) in [6.45, 7) is 6.41. The van der Waals surface area contributed by atoms with Crippen LogP contribution < -0.4 is 5.32 Å². The SMILES string of the molecule is CCc1nn(CC)c(CNCc2ccn(C)n2)c1Cl. The standard InChI is InChI=1S/C13H20ClN5/c1-4-11-13(14)12(19(5-2)17-11)9-15-8-10-6-7-18(3)16-10/h6-7,15H,4-5,8-9H2,1-3H3. The van der Waals surface area contributed by atoms with Gasteiger partial charge in [-0.1, -0.05) is 18.5 Å².